The maximum absolute atomic E-state index is 10.6. The van der Waals surface area contributed by atoms with Gasteiger partial charge in [-0.25, -0.2) is 4.79 Å². The fourth-order valence-electron chi connectivity index (χ4n) is 1.14. The highest BCUT2D eigenvalue weighted by atomic mass is 79.9. The van der Waals surface area contributed by atoms with Crippen molar-refractivity contribution in [3.63, 3.8) is 0 Å². The van der Waals surface area contributed by atoms with Gasteiger partial charge in [0, 0.05) is 17.0 Å². The summed E-state index contributed by atoms with van der Waals surface area (Å²) in [6.07, 6.45) is 0. The van der Waals surface area contributed by atoms with E-state index in [9.17, 15) is 9.90 Å². The van der Waals surface area contributed by atoms with Crippen LogP contribution in [-0.2, 0) is 9.63 Å². The van der Waals surface area contributed by atoms with E-state index in [2.05, 4.69) is 25.9 Å². The largest absolute Gasteiger partial charge is 0.507 e. The molecule has 0 heterocycles. The van der Waals surface area contributed by atoms with Gasteiger partial charge in [0.25, 0.3) is 0 Å². The van der Waals surface area contributed by atoms with Crippen LogP contribution >= 0.6 is 15.9 Å². The average molecular weight is 286 g/mol. The van der Waals surface area contributed by atoms with E-state index in [1.165, 1.54) is 6.92 Å². The first-order valence-electron chi connectivity index (χ1n) is 4.63. The zero-order valence-corrected chi connectivity index (χ0v) is 10.8. The molecule has 1 N–H and O–H groups in total. The number of carbonyl (C=O) groups is 1. The molecule has 0 amide bonds. The third kappa shape index (κ3) is 3.06. The highest BCUT2D eigenvalue weighted by molar-refractivity contribution is 9.10. The molecule has 86 valence electrons. The molecule has 0 radical (unpaired) electrons. The van der Waals surface area contributed by atoms with Gasteiger partial charge in [0.1, 0.15) is 5.75 Å². The molecule has 0 saturated carbocycles. The number of aromatic hydroxyl groups is 1. The topological polar surface area (TPSA) is 58.9 Å². The minimum Gasteiger partial charge on any atom is -0.507 e. The molecule has 16 heavy (non-hydrogen) atoms. The molecule has 1 aromatic rings. The van der Waals surface area contributed by atoms with Crippen molar-refractivity contribution in [2.45, 2.75) is 20.8 Å². The first-order chi connectivity index (χ1) is 7.41. The lowest BCUT2D eigenvalue weighted by Crippen LogP contribution is -2.00. The number of rotatable bonds is 2. The first kappa shape index (κ1) is 12.7. The molecule has 0 aliphatic heterocycles. The molecule has 0 aliphatic carbocycles. The summed E-state index contributed by atoms with van der Waals surface area (Å²) < 4.78 is 0.814. The van der Waals surface area contributed by atoms with Crippen molar-refractivity contribution in [3.8, 4) is 5.75 Å². The van der Waals surface area contributed by atoms with Crippen LogP contribution in [0.2, 0.25) is 0 Å². The van der Waals surface area contributed by atoms with Gasteiger partial charge < -0.3 is 9.94 Å². The van der Waals surface area contributed by atoms with Gasteiger partial charge in [-0.3, -0.25) is 0 Å². The summed E-state index contributed by atoms with van der Waals surface area (Å²) >= 11 is 3.31. The van der Waals surface area contributed by atoms with Crippen molar-refractivity contribution in [3.05, 3.63) is 27.7 Å². The molecule has 0 aromatic heterocycles. The van der Waals surface area contributed by atoms with Crippen LogP contribution in [0.5, 0.6) is 5.75 Å². The van der Waals surface area contributed by atoms with Gasteiger partial charge in [-0.15, -0.1) is 0 Å². The maximum atomic E-state index is 10.6. The summed E-state index contributed by atoms with van der Waals surface area (Å²) in [4.78, 5) is 15.1. The quantitative estimate of drug-likeness (QED) is 0.516. The molecule has 0 fully saturated rings. The average Bonchev–Trinajstić information content (AvgIpc) is 2.20. The third-order valence-electron chi connectivity index (χ3n) is 1.98. The van der Waals surface area contributed by atoms with Crippen molar-refractivity contribution in [2.75, 3.05) is 0 Å². The SMILES string of the molecule is CC(=O)O/N=C(\C)c1cc(C)c(Br)cc1O. The highest BCUT2D eigenvalue weighted by Crippen LogP contribution is 2.26. The van der Waals surface area contributed by atoms with Gasteiger partial charge in [-0.2, -0.15) is 0 Å². The predicted octanol–water partition coefficient (Wildman–Crippen LogP) is 2.75. The lowest BCUT2D eigenvalue weighted by Gasteiger charge is -2.06. The van der Waals surface area contributed by atoms with E-state index in [4.69, 9.17) is 0 Å². The Morgan fingerprint density at radius 1 is 1.44 bits per heavy atom. The number of halogens is 1. The first-order valence-corrected chi connectivity index (χ1v) is 5.42. The van der Waals surface area contributed by atoms with Crippen LogP contribution in [0.4, 0.5) is 0 Å². The number of phenolic OH excluding ortho intramolecular Hbond substituents is 1. The van der Waals surface area contributed by atoms with Gasteiger partial charge in [0.15, 0.2) is 0 Å². The van der Waals surface area contributed by atoms with Crippen LogP contribution in [0.1, 0.15) is 25.0 Å². The van der Waals surface area contributed by atoms with E-state index in [1.54, 1.807) is 19.1 Å². The Morgan fingerprint density at radius 3 is 2.62 bits per heavy atom. The summed E-state index contributed by atoms with van der Waals surface area (Å²) in [5.41, 5.74) is 1.95. The molecule has 0 aliphatic rings. The summed E-state index contributed by atoms with van der Waals surface area (Å²) in [6.45, 7) is 4.82. The molecule has 0 spiro atoms. The van der Waals surface area contributed by atoms with Crippen LogP contribution in [0.15, 0.2) is 21.8 Å². The van der Waals surface area contributed by atoms with Crippen LogP contribution < -0.4 is 0 Å². The van der Waals surface area contributed by atoms with E-state index in [1.807, 2.05) is 6.92 Å². The zero-order chi connectivity index (χ0) is 12.3. The second kappa shape index (κ2) is 5.12. The standard InChI is InChI=1S/C11H12BrNO3/c1-6-4-9(11(15)5-10(6)12)7(2)13-16-8(3)14/h4-5,15H,1-3H3/b13-7+. The van der Waals surface area contributed by atoms with E-state index in [0.717, 1.165) is 10.0 Å². The summed E-state index contributed by atoms with van der Waals surface area (Å²) in [7, 11) is 0. The number of hydrogen-bond acceptors (Lipinski definition) is 4. The van der Waals surface area contributed by atoms with Crippen LogP contribution in [0.3, 0.4) is 0 Å². The van der Waals surface area contributed by atoms with E-state index in [-0.39, 0.29) is 5.75 Å². The van der Waals surface area contributed by atoms with E-state index >= 15 is 0 Å². The van der Waals surface area contributed by atoms with Crippen LogP contribution in [0.25, 0.3) is 0 Å². The molecule has 0 unspecified atom stereocenters. The molecule has 1 aromatic carbocycles. The van der Waals surface area contributed by atoms with Crippen molar-refractivity contribution in [1.82, 2.24) is 0 Å². The van der Waals surface area contributed by atoms with Crippen molar-refractivity contribution in [2.24, 2.45) is 5.16 Å². The van der Waals surface area contributed by atoms with Gasteiger partial charge >= 0.3 is 5.97 Å². The predicted molar refractivity (Wildman–Crippen MR) is 64.5 cm³/mol. The molecule has 1 rings (SSSR count). The Hall–Kier alpha value is -1.36. The lowest BCUT2D eigenvalue weighted by atomic mass is 10.1. The van der Waals surface area contributed by atoms with Crippen molar-refractivity contribution in [1.29, 1.82) is 0 Å². The molecular formula is C11H12BrNO3. The molecule has 0 saturated heterocycles. The number of carbonyl (C=O) groups excluding carboxylic acids is 1. The van der Waals surface area contributed by atoms with Gasteiger partial charge in [-0.05, 0) is 31.5 Å². The summed E-state index contributed by atoms with van der Waals surface area (Å²) in [5.74, 6) is -0.404. The van der Waals surface area contributed by atoms with E-state index in [0.29, 0.717) is 11.3 Å². The summed E-state index contributed by atoms with van der Waals surface area (Å²) in [5, 5.41) is 13.3. The minimum absolute atomic E-state index is 0.0888. The smallest absolute Gasteiger partial charge is 0.331 e. The fraction of sp³-hybridized carbons (Fsp3) is 0.273. The number of benzene rings is 1. The van der Waals surface area contributed by atoms with Gasteiger partial charge in [0.2, 0.25) is 0 Å². The maximum Gasteiger partial charge on any atom is 0.331 e. The normalized spacial score (nSPS) is 11.4. The molecule has 0 atom stereocenters. The summed E-state index contributed by atoms with van der Waals surface area (Å²) in [6, 6.07) is 3.35. The van der Waals surface area contributed by atoms with E-state index < -0.39 is 5.97 Å². The zero-order valence-electron chi connectivity index (χ0n) is 9.24. The molecule has 4 nitrogen and oxygen atoms in total. The van der Waals surface area contributed by atoms with Crippen LogP contribution in [-0.4, -0.2) is 16.8 Å². The number of hydrogen-bond donors (Lipinski definition) is 1. The van der Waals surface area contributed by atoms with Gasteiger partial charge in [0.05, 0.1) is 5.71 Å². The monoisotopic (exact) mass is 285 g/mol. The number of nitrogens with zero attached hydrogens (tertiary/aromatic N) is 1. The third-order valence-corrected chi connectivity index (χ3v) is 2.83. The highest BCUT2D eigenvalue weighted by Gasteiger charge is 2.08. The Balaban J connectivity index is 3.08. The number of phenols is 1. The van der Waals surface area contributed by atoms with Crippen LogP contribution in [0, 0.1) is 6.92 Å². The second-order valence-electron chi connectivity index (χ2n) is 3.38. The Bertz CT molecular complexity index is 455. The number of aryl methyl sites for hydroxylation is 1. The molecule has 5 heteroatoms. The van der Waals surface area contributed by atoms with Crippen molar-refractivity contribution >= 4 is 27.6 Å². The second-order valence-corrected chi connectivity index (χ2v) is 4.23. The Morgan fingerprint density at radius 2 is 2.06 bits per heavy atom. The fourth-order valence-corrected chi connectivity index (χ4v) is 1.47. The Kier molecular flexibility index (Phi) is 4.06. The molecular weight excluding hydrogens is 274 g/mol. The minimum atomic E-state index is -0.493. The van der Waals surface area contributed by atoms with Gasteiger partial charge in [-0.1, -0.05) is 21.1 Å². The molecule has 0 bridgehead atoms. The number of oxime groups is 1. The lowest BCUT2D eigenvalue weighted by molar-refractivity contribution is -0.140. The Labute approximate surface area is 102 Å². The van der Waals surface area contributed by atoms with Crippen molar-refractivity contribution < 1.29 is 14.7 Å².